The van der Waals surface area contributed by atoms with Crippen molar-refractivity contribution in [2.24, 2.45) is 0 Å². The molecule has 7 aromatic carbocycles. The van der Waals surface area contributed by atoms with Gasteiger partial charge in [0.1, 0.15) is 0 Å². The average Bonchev–Trinajstić information content (AvgIpc) is 3.20. The Balaban J connectivity index is 1.27. The van der Waals surface area contributed by atoms with E-state index in [4.69, 9.17) is 15.0 Å². The molecule has 0 fully saturated rings. The molecule has 2 aromatic heterocycles. The molecule has 0 amide bonds. The van der Waals surface area contributed by atoms with E-state index in [1.165, 1.54) is 16.3 Å². The molecule has 0 aliphatic heterocycles. The highest BCUT2D eigenvalue weighted by molar-refractivity contribution is 6.13. The summed E-state index contributed by atoms with van der Waals surface area (Å²) in [6.07, 6.45) is 7.80. The lowest BCUT2D eigenvalue weighted by Gasteiger charge is -2.15. The number of rotatable bonds is 6. The van der Waals surface area contributed by atoms with E-state index in [0.717, 1.165) is 65.8 Å². The molecule has 9 aromatic rings. The Morgan fingerprint density at radius 3 is 1.80 bits per heavy atom. The fraction of sp³-hybridized carbons (Fsp3) is 0.0213. The number of pyridine rings is 1. The lowest BCUT2D eigenvalue weighted by molar-refractivity contribution is 1.08. The van der Waals surface area contributed by atoms with Crippen LogP contribution < -0.4 is 0 Å². The monoisotopic (exact) mass is 652 g/mol. The second-order valence-corrected chi connectivity index (χ2v) is 12.8. The smallest absolute Gasteiger partial charge is 0.164 e. The second kappa shape index (κ2) is 12.6. The highest BCUT2D eigenvalue weighted by Gasteiger charge is 2.18. The maximum atomic E-state index is 5.28. The number of aromatic nitrogens is 4. The van der Waals surface area contributed by atoms with Crippen molar-refractivity contribution in [2.75, 3.05) is 0 Å². The molecule has 0 aliphatic carbocycles. The van der Waals surface area contributed by atoms with Gasteiger partial charge in [-0.3, -0.25) is 4.98 Å². The third kappa shape index (κ3) is 5.44. The van der Waals surface area contributed by atoms with Gasteiger partial charge in [-0.2, -0.15) is 0 Å². The molecular weight excluding hydrogens is 621 g/mol. The van der Waals surface area contributed by atoms with Gasteiger partial charge in [-0.1, -0.05) is 140 Å². The van der Waals surface area contributed by atoms with Crippen molar-refractivity contribution < 1.29 is 0 Å². The molecule has 0 spiro atoms. The number of fused-ring (bicyclic) bond motifs is 5. The first kappa shape index (κ1) is 30.3. The lowest BCUT2D eigenvalue weighted by Crippen LogP contribution is -2.02. The predicted molar refractivity (Wildman–Crippen MR) is 213 cm³/mol. The molecule has 2 heterocycles. The Morgan fingerprint density at radius 2 is 1.06 bits per heavy atom. The van der Waals surface area contributed by atoms with Crippen LogP contribution in [0.15, 0.2) is 164 Å². The molecule has 0 saturated heterocycles. The first-order valence-electron chi connectivity index (χ1n) is 17.1. The molecule has 51 heavy (non-hydrogen) atoms. The highest BCUT2D eigenvalue weighted by Crippen LogP contribution is 2.37. The van der Waals surface area contributed by atoms with E-state index >= 15 is 0 Å². The van der Waals surface area contributed by atoms with Crippen LogP contribution in [0.3, 0.4) is 0 Å². The Hall–Kier alpha value is -6.78. The van der Waals surface area contributed by atoms with Crippen LogP contribution in [0, 0.1) is 6.92 Å². The highest BCUT2D eigenvalue weighted by atomic mass is 15.0. The topological polar surface area (TPSA) is 51.6 Å². The van der Waals surface area contributed by atoms with Gasteiger partial charge in [-0.25, -0.2) is 15.0 Å². The largest absolute Gasteiger partial charge is 0.256 e. The number of allylic oxidation sites excluding steroid dienone is 2. The third-order valence-electron chi connectivity index (χ3n) is 9.72. The molecule has 0 bridgehead atoms. The van der Waals surface area contributed by atoms with Gasteiger partial charge in [0.2, 0.25) is 0 Å². The second-order valence-electron chi connectivity index (χ2n) is 12.8. The van der Waals surface area contributed by atoms with E-state index < -0.39 is 0 Å². The van der Waals surface area contributed by atoms with Crippen molar-refractivity contribution in [1.29, 1.82) is 0 Å². The minimum Gasteiger partial charge on any atom is -0.256 e. The summed E-state index contributed by atoms with van der Waals surface area (Å²) in [4.78, 5) is 20.4. The summed E-state index contributed by atoms with van der Waals surface area (Å²) in [7, 11) is 0. The molecule has 0 unspecified atom stereocenters. The Labute approximate surface area is 296 Å². The normalized spacial score (nSPS) is 11.6. The van der Waals surface area contributed by atoms with Crippen molar-refractivity contribution in [3.05, 3.63) is 176 Å². The van der Waals surface area contributed by atoms with Crippen LogP contribution in [0.4, 0.5) is 0 Å². The number of para-hydroxylation sites is 1. The molecule has 4 nitrogen and oxygen atoms in total. The van der Waals surface area contributed by atoms with Crippen molar-refractivity contribution in [3.63, 3.8) is 0 Å². The molecule has 0 radical (unpaired) electrons. The minimum absolute atomic E-state index is 0.614. The maximum absolute atomic E-state index is 5.28. The molecular formula is C47H32N4. The fourth-order valence-electron chi connectivity index (χ4n) is 7.10. The van der Waals surface area contributed by atoms with Gasteiger partial charge in [0, 0.05) is 33.8 Å². The van der Waals surface area contributed by atoms with E-state index in [0.29, 0.717) is 17.5 Å². The Bertz CT molecular complexity index is 2830. The summed E-state index contributed by atoms with van der Waals surface area (Å²) in [5.41, 5.74) is 8.24. The van der Waals surface area contributed by atoms with Crippen LogP contribution in [-0.2, 0) is 0 Å². The Kier molecular flexibility index (Phi) is 7.48. The third-order valence-corrected chi connectivity index (χ3v) is 9.72. The van der Waals surface area contributed by atoms with Crippen LogP contribution in [0.2, 0.25) is 0 Å². The molecule has 0 atom stereocenters. The molecule has 240 valence electrons. The van der Waals surface area contributed by atoms with Crippen molar-refractivity contribution >= 4 is 49.3 Å². The quantitative estimate of drug-likeness (QED) is 0.132. The van der Waals surface area contributed by atoms with Crippen LogP contribution in [0.1, 0.15) is 11.1 Å². The van der Waals surface area contributed by atoms with E-state index in [2.05, 4.69) is 146 Å². The van der Waals surface area contributed by atoms with Crippen LogP contribution in [-0.4, -0.2) is 19.9 Å². The van der Waals surface area contributed by atoms with Crippen molar-refractivity contribution in [3.8, 4) is 45.3 Å². The zero-order chi connectivity index (χ0) is 34.3. The molecule has 4 heteroatoms. The summed E-state index contributed by atoms with van der Waals surface area (Å²) < 4.78 is 0. The molecule has 0 aliphatic rings. The minimum atomic E-state index is 0.614. The van der Waals surface area contributed by atoms with Gasteiger partial charge in [0.05, 0.1) is 5.52 Å². The summed E-state index contributed by atoms with van der Waals surface area (Å²) in [5.74, 6) is 1.87. The van der Waals surface area contributed by atoms with Crippen LogP contribution in [0.25, 0.3) is 94.6 Å². The summed E-state index contributed by atoms with van der Waals surface area (Å²) in [5, 5.41) is 7.97. The standard InChI is InChI=1S/C47H32N4/c1-3-4-13-33-27-42(39-18-9-8-16-37(39)30(33)2)46-49-45(32-24-22-31(23-25-32)36-26-35-15-6-12-21-44(35)48-29-36)50-47(51-46)43-28-34-14-5-7-17-38(34)40-19-10-11-20-41(40)43/h3-29H,1H2,2H3/b13-4-. The number of hydrogen-bond donors (Lipinski definition) is 0. The van der Waals surface area contributed by atoms with E-state index in [-0.39, 0.29) is 0 Å². The molecule has 0 N–H and O–H groups in total. The van der Waals surface area contributed by atoms with Gasteiger partial charge < -0.3 is 0 Å². The van der Waals surface area contributed by atoms with Gasteiger partial charge >= 0.3 is 0 Å². The summed E-state index contributed by atoms with van der Waals surface area (Å²) in [6, 6.07) is 48.7. The van der Waals surface area contributed by atoms with Gasteiger partial charge in [-0.15, -0.1) is 0 Å². The van der Waals surface area contributed by atoms with E-state index in [1.54, 1.807) is 6.08 Å². The van der Waals surface area contributed by atoms with Gasteiger partial charge in [-0.05, 0) is 80.2 Å². The van der Waals surface area contributed by atoms with Gasteiger partial charge in [0.25, 0.3) is 0 Å². The number of aryl methyl sites for hydroxylation is 1. The predicted octanol–water partition coefficient (Wildman–Crippen LogP) is 12.1. The van der Waals surface area contributed by atoms with Crippen molar-refractivity contribution in [2.45, 2.75) is 6.92 Å². The maximum Gasteiger partial charge on any atom is 0.164 e. The Morgan fingerprint density at radius 1 is 0.490 bits per heavy atom. The average molecular weight is 653 g/mol. The number of nitrogens with zero attached hydrogens (tertiary/aromatic N) is 4. The SMILES string of the molecule is C=C/C=C\c1cc(-c2nc(-c3ccc(-c4cnc5ccccc5c4)cc3)nc(-c3cc4ccccc4c4ccccc34)n2)c2ccccc2c1C. The van der Waals surface area contributed by atoms with Crippen LogP contribution >= 0.6 is 0 Å². The van der Waals surface area contributed by atoms with Crippen molar-refractivity contribution in [1.82, 2.24) is 19.9 Å². The zero-order valence-corrected chi connectivity index (χ0v) is 28.1. The van der Waals surface area contributed by atoms with E-state index in [9.17, 15) is 0 Å². The van der Waals surface area contributed by atoms with Crippen LogP contribution in [0.5, 0.6) is 0 Å². The lowest BCUT2D eigenvalue weighted by atomic mass is 9.94. The number of hydrogen-bond acceptors (Lipinski definition) is 4. The zero-order valence-electron chi connectivity index (χ0n) is 28.1. The van der Waals surface area contributed by atoms with Gasteiger partial charge in [0.15, 0.2) is 17.5 Å². The van der Waals surface area contributed by atoms with E-state index in [1.807, 2.05) is 30.5 Å². The summed E-state index contributed by atoms with van der Waals surface area (Å²) >= 11 is 0. The summed E-state index contributed by atoms with van der Waals surface area (Å²) in [6.45, 7) is 6.06. The molecule has 0 saturated carbocycles. The first-order valence-corrected chi connectivity index (χ1v) is 17.1. The number of benzene rings is 7. The molecule has 9 rings (SSSR count). The first-order chi connectivity index (χ1) is 25.1. The fourth-order valence-corrected chi connectivity index (χ4v) is 7.10.